The molecule has 0 aromatic heterocycles. The molecule has 0 N–H and O–H groups in total. The van der Waals surface area contributed by atoms with Crippen molar-refractivity contribution in [2.75, 3.05) is 6.61 Å². The lowest BCUT2D eigenvalue weighted by molar-refractivity contribution is -0.578. The molecular weight excluding hydrogens is 925 g/mol. The number of carbonyl (C=O) groups excluding carboxylic acids is 1. The lowest BCUT2D eigenvalue weighted by atomic mass is 10.0. The zero-order valence-electron chi connectivity index (χ0n) is 32.6. The summed E-state index contributed by atoms with van der Waals surface area (Å²) in [5.74, 6) is -36.5. The van der Waals surface area contributed by atoms with Crippen molar-refractivity contribution in [2.24, 2.45) is 0 Å². The average molecular weight is 971 g/mol. The molecule has 0 heterocycles. The Hall–Kier alpha value is -2.26. The Morgan fingerprint density at radius 3 is 0.887 bits per heavy atom. The summed E-state index contributed by atoms with van der Waals surface area (Å²) in [6.07, 6.45) is -40.3. The van der Waals surface area contributed by atoms with E-state index >= 15 is 0 Å². The summed E-state index contributed by atoms with van der Waals surface area (Å²) in [7, 11) is 0. The van der Waals surface area contributed by atoms with Gasteiger partial charge in [0.15, 0.2) is 0 Å². The first kappa shape index (κ1) is 59.7. The monoisotopic (exact) mass is 970 g/mol. The maximum Gasteiger partial charge on any atom is 0.462 e. The van der Waals surface area contributed by atoms with Crippen LogP contribution in [-0.4, -0.2) is 79.1 Å². The van der Waals surface area contributed by atoms with Gasteiger partial charge in [0.2, 0.25) is 0 Å². The second kappa shape index (κ2) is 23.3. The number of alkyl halides is 23. The molecule has 28 heteroatoms. The Morgan fingerprint density at radius 1 is 0.339 bits per heavy atom. The fourth-order valence-corrected chi connectivity index (χ4v) is 5.29. The molecule has 0 bridgehead atoms. The fourth-order valence-electron chi connectivity index (χ4n) is 5.29. The smallest absolute Gasteiger partial charge is 0.461 e. The number of halogens is 23. The minimum absolute atomic E-state index is 0.0564. The molecule has 5 nitrogen and oxygen atoms in total. The number of rotatable bonds is 31. The normalized spacial score (nSPS) is 17.1. The third-order valence-corrected chi connectivity index (χ3v) is 8.86. The van der Waals surface area contributed by atoms with Crippen LogP contribution in [0, 0.1) is 0 Å². The van der Waals surface area contributed by atoms with E-state index in [1.165, 1.54) is 56.1 Å². The highest BCUT2D eigenvalue weighted by Gasteiger charge is 2.88. The quantitative estimate of drug-likeness (QED) is 0.0394. The summed E-state index contributed by atoms with van der Waals surface area (Å²) in [6, 6.07) is 0. The maximum atomic E-state index is 14.7. The molecule has 0 saturated carbocycles. The van der Waals surface area contributed by atoms with Crippen LogP contribution in [0.15, 0.2) is 0 Å². The summed E-state index contributed by atoms with van der Waals surface area (Å²) in [5, 5.41) is 0. The van der Waals surface area contributed by atoms with Crippen LogP contribution in [0.25, 0.3) is 0 Å². The molecule has 0 radical (unpaired) electrons. The molecule has 0 aliphatic heterocycles. The molecular formula is C34H45F23O5. The van der Waals surface area contributed by atoms with Crippen LogP contribution in [-0.2, 0) is 23.7 Å². The first-order chi connectivity index (χ1) is 27.9. The summed E-state index contributed by atoms with van der Waals surface area (Å²) < 4.78 is 318. The topological polar surface area (TPSA) is 54.0 Å². The Morgan fingerprint density at radius 2 is 0.613 bits per heavy atom. The molecule has 0 aromatic carbocycles. The van der Waals surface area contributed by atoms with Gasteiger partial charge in [-0.3, -0.25) is 14.2 Å². The third kappa shape index (κ3) is 16.0. The first-order valence-corrected chi connectivity index (χ1v) is 19.0. The van der Waals surface area contributed by atoms with Gasteiger partial charge in [-0.05, 0) is 6.42 Å². The van der Waals surface area contributed by atoms with Crippen LogP contribution in [0.2, 0.25) is 0 Å². The van der Waals surface area contributed by atoms with E-state index < -0.39 is 85.5 Å². The van der Waals surface area contributed by atoms with E-state index in [2.05, 4.69) is 11.7 Å². The Labute approximate surface area is 339 Å². The van der Waals surface area contributed by atoms with Crippen molar-refractivity contribution in [1.29, 1.82) is 0 Å². The highest BCUT2D eigenvalue weighted by Crippen LogP contribution is 2.59. The van der Waals surface area contributed by atoms with Crippen molar-refractivity contribution in [1.82, 2.24) is 0 Å². The van der Waals surface area contributed by atoms with Gasteiger partial charge in [0, 0.05) is 0 Å². The first-order valence-electron chi connectivity index (χ1n) is 19.0. The molecule has 62 heavy (non-hydrogen) atoms. The Balaban J connectivity index is 5.53. The maximum absolute atomic E-state index is 14.7. The van der Waals surface area contributed by atoms with Gasteiger partial charge < -0.3 is 4.74 Å². The molecule has 0 fully saturated rings. The van der Waals surface area contributed by atoms with Gasteiger partial charge in [0.05, 0.1) is 6.61 Å². The van der Waals surface area contributed by atoms with E-state index in [4.69, 9.17) is 0 Å². The summed E-state index contributed by atoms with van der Waals surface area (Å²) in [6.45, 7) is 0.753. The van der Waals surface area contributed by atoms with Crippen molar-refractivity contribution < 1.29 is 125 Å². The molecule has 3 atom stereocenters. The molecule has 0 spiro atoms. The summed E-state index contributed by atoms with van der Waals surface area (Å²) >= 11 is 0. The van der Waals surface area contributed by atoms with E-state index in [0.717, 1.165) is 49.7 Å². The van der Waals surface area contributed by atoms with Gasteiger partial charge >= 0.3 is 72.5 Å². The molecule has 0 aliphatic carbocycles. The summed E-state index contributed by atoms with van der Waals surface area (Å²) in [5.41, 5.74) is 0. The second-order valence-electron chi connectivity index (χ2n) is 14.1. The summed E-state index contributed by atoms with van der Waals surface area (Å²) in [4.78, 5) is 11.8. The number of unbranched alkanes of at least 4 members (excludes halogenated alkanes) is 19. The lowest BCUT2D eigenvalue weighted by Gasteiger charge is -2.42. The molecule has 0 saturated heterocycles. The van der Waals surface area contributed by atoms with E-state index in [0.29, 0.717) is 12.8 Å². The highest BCUT2D eigenvalue weighted by atomic mass is 19.4. The number of carbonyl (C=O) groups is 1. The number of ether oxygens (including phenoxy) is 4. The van der Waals surface area contributed by atoms with Crippen LogP contribution in [0.4, 0.5) is 101 Å². The lowest BCUT2D eigenvalue weighted by Crippen LogP contribution is -2.70. The number of esters is 1. The van der Waals surface area contributed by atoms with Crippen molar-refractivity contribution in [3.8, 4) is 0 Å². The highest BCUT2D eigenvalue weighted by molar-refractivity contribution is 5.78. The van der Waals surface area contributed by atoms with Gasteiger partial charge in [-0.1, -0.05) is 129 Å². The fraction of sp³-hybridized carbons (Fsp3) is 0.971. The van der Waals surface area contributed by atoms with Gasteiger partial charge in [0.1, 0.15) is 0 Å². The van der Waals surface area contributed by atoms with Gasteiger partial charge in [0.25, 0.3) is 0 Å². The van der Waals surface area contributed by atoms with Crippen LogP contribution < -0.4 is 0 Å². The van der Waals surface area contributed by atoms with Crippen molar-refractivity contribution >= 4 is 5.97 Å². The van der Waals surface area contributed by atoms with Gasteiger partial charge in [-0.2, -0.15) is 101 Å². The van der Waals surface area contributed by atoms with Crippen molar-refractivity contribution in [2.45, 2.75) is 202 Å². The zero-order valence-corrected chi connectivity index (χ0v) is 32.6. The van der Waals surface area contributed by atoms with E-state index in [1.54, 1.807) is 0 Å². The molecule has 0 aromatic rings. The van der Waals surface area contributed by atoms with E-state index in [1.807, 2.05) is 4.74 Å². The molecule has 3 unspecified atom stereocenters. The van der Waals surface area contributed by atoms with Gasteiger partial charge in [-0.25, -0.2) is 4.79 Å². The largest absolute Gasteiger partial charge is 0.462 e. The van der Waals surface area contributed by atoms with E-state index in [9.17, 15) is 106 Å². The Bertz CT molecular complexity index is 1300. The standard InChI is InChI=1S/C34H45F23O5/c1-2-3-4-5-6-7-8-9-10-11-12-13-14-15-16-17-18-19-20-21-22-59-23(58)24(35,28(40,41)42)60-33(54,55)26(38,30(46,47)48)62-34(56,57)27(39,31(49,50)51)61-32(52,53)25(36,37)29(43,44)45/h2-22H2,1H3. The van der Waals surface area contributed by atoms with Crippen LogP contribution >= 0.6 is 0 Å². The number of hydrogen-bond acceptors (Lipinski definition) is 5. The van der Waals surface area contributed by atoms with Crippen LogP contribution in [0.1, 0.15) is 135 Å². The average Bonchev–Trinajstić information content (AvgIpc) is 3.09. The second-order valence-corrected chi connectivity index (χ2v) is 14.1. The van der Waals surface area contributed by atoms with Gasteiger partial charge in [-0.15, -0.1) is 0 Å². The molecule has 0 amide bonds. The van der Waals surface area contributed by atoms with E-state index in [-0.39, 0.29) is 12.8 Å². The minimum Gasteiger partial charge on any atom is -0.461 e. The van der Waals surface area contributed by atoms with Crippen molar-refractivity contribution in [3.63, 3.8) is 0 Å². The zero-order chi connectivity index (χ0) is 48.8. The predicted octanol–water partition coefficient (Wildman–Crippen LogP) is 15.1. The minimum atomic E-state index is -8.75. The third-order valence-electron chi connectivity index (χ3n) is 8.86. The van der Waals surface area contributed by atoms with Crippen molar-refractivity contribution in [3.05, 3.63) is 0 Å². The molecule has 372 valence electrons. The molecule has 0 rings (SSSR count). The molecule has 0 aliphatic rings. The van der Waals surface area contributed by atoms with Crippen LogP contribution in [0.3, 0.4) is 0 Å². The number of hydrogen-bond donors (Lipinski definition) is 0. The Kier molecular flexibility index (Phi) is 22.4. The van der Waals surface area contributed by atoms with Crippen LogP contribution in [0.5, 0.6) is 0 Å². The SMILES string of the molecule is CCCCCCCCCCCCCCCCCCCCCCOC(=O)C(F)(OC(F)(F)C(F)(OC(F)(F)C(F)(OC(F)(F)C(F)(F)C(F)(F)F)C(F)(F)F)C(F)(F)F)C(F)(F)F. The predicted molar refractivity (Wildman–Crippen MR) is 168 cm³/mol.